The van der Waals surface area contributed by atoms with Gasteiger partial charge in [0, 0.05) is 0 Å². The molecule has 0 atom stereocenters. The van der Waals surface area contributed by atoms with Crippen LogP contribution in [0.5, 0.6) is 0 Å². The van der Waals surface area contributed by atoms with E-state index in [1.54, 1.807) is 0 Å². The second-order valence-electron chi connectivity index (χ2n) is 2.48. The highest BCUT2D eigenvalue weighted by atomic mass is 16.2. The Labute approximate surface area is 80.7 Å². The van der Waals surface area contributed by atoms with Crippen LogP contribution < -0.4 is 23.1 Å². The molecule has 0 fully saturated rings. The molecule has 2 heterocycles. The molecule has 0 saturated heterocycles. The number of hydrogen-bond acceptors (Lipinski definition) is 4. The van der Waals surface area contributed by atoms with Gasteiger partial charge in [-0.3, -0.25) is 19.7 Å². The smallest absolute Gasteiger partial charge is 0.344 e. The highest BCUT2D eigenvalue weighted by molar-refractivity contribution is 5.67. The normalized spacial score (nSPS) is 9.53. The molecule has 0 radical (unpaired) electrons. The topological polar surface area (TPSA) is 143 Å². The number of H-pyrrole nitrogens is 3. The fraction of sp³-hybridized carbons (Fsp3) is 0. The van der Waals surface area contributed by atoms with Crippen LogP contribution in [0.2, 0.25) is 0 Å². The highest BCUT2D eigenvalue weighted by Gasteiger charge is 2.12. The lowest BCUT2D eigenvalue weighted by molar-refractivity contribution is 0.891. The monoisotopic (exact) mass is 210 g/mol. The van der Waals surface area contributed by atoms with Crippen molar-refractivity contribution in [2.45, 2.75) is 0 Å². The van der Waals surface area contributed by atoms with Crippen LogP contribution in [-0.4, -0.2) is 19.6 Å². The van der Waals surface area contributed by atoms with Crippen molar-refractivity contribution in [2.75, 3.05) is 0 Å². The molecule has 0 saturated carbocycles. The van der Waals surface area contributed by atoms with E-state index in [0.29, 0.717) is 4.68 Å². The lowest BCUT2D eigenvalue weighted by atomic mass is 10.5. The van der Waals surface area contributed by atoms with E-state index in [4.69, 9.17) is 6.57 Å². The van der Waals surface area contributed by atoms with Crippen LogP contribution in [0.1, 0.15) is 0 Å². The summed E-state index contributed by atoms with van der Waals surface area (Å²) in [7, 11) is 0. The molecular weight excluding hydrogens is 204 g/mol. The van der Waals surface area contributed by atoms with Crippen LogP contribution in [0.3, 0.4) is 0 Å². The first-order valence-corrected chi connectivity index (χ1v) is 3.48. The molecule has 0 amide bonds. The largest absolute Gasteiger partial charge is 0.398 e. The molecular formula is C6H6N6O3. The zero-order chi connectivity index (χ0) is 10.3. The number of fused-ring (bicyclic) bond motifs is 1. The molecule has 0 aliphatic rings. The van der Waals surface area contributed by atoms with Gasteiger partial charge < -0.3 is 6.15 Å². The van der Waals surface area contributed by atoms with E-state index in [9.17, 15) is 14.4 Å². The van der Waals surface area contributed by atoms with E-state index >= 15 is 0 Å². The molecule has 2 rings (SSSR count). The minimum absolute atomic E-state index is 0. The first-order valence-electron chi connectivity index (χ1n) is 3.48. The average Bonchev–Trinajstić information content (AvgIpc) is 2.47. The Morgan fingerprint density at radius 3 is 2.40 bits per heavy atom. The summed E-state index contributed by atoms with van der Waals surface area (Å²) in [6.07, 6.45) is 0. The number of nitrogens with zero attached hydrogens (tertiary/aromatic N) is 2. The van der Waals surface area contributed by atoms with Crippen molar-refractivity contribution >= 4 is 11.2 Å². The molecule has 2 aromatic rings. The number of rotatable bonds is 0. The summed E-state index contributed by atoms with van der Waals surface area (Å²) in [5, 5.41) is 0. The molecule has 15 heavy (non-hydrogen) atoms. The van der Waals surface area contributed by atoms with E-state index in [2.05, 4.69) is 19.9 Å². The van der Waals surface area contributed by atoms with Crippen molar-refractivity contribution < 1.29 is 0 Å². The molecule has 0 aliphatic heterocycles. The van der Waals surface area contributed by atoms with Gasteiger partial charge in [0.05, 0.1) is 4.68 Å². The van der Waals surface area contributed by atoms with Crippen molar-refractivity contribution in [2.24, 2.45) is 0 Å². The molecule has 0 aromatic carbocycles. The summed E-state index contributed by atoms with van der Waals surface area (Å²) >= 11 is 0. The van der Waals surface area contributed by atoms with Crippen molar-refractivity contribution in [1.29, 1.82) is 0 Å². The molecule has 0 bridgehead atoms. The first kappa shape index (κ1) is 10.5. The fourth-order valence-electron chi connectivity index (χ4n) is 1.09. The minimum Gasteiger partial charge on any atom is -0.344 e. The van der Waals surface area contributed by atoms with Gasteiger partial charge in [0.1, 0.15) is 5.65 Å². The molecule has 78 valence electrons. The number of nitrogens with one attached hydrogen (secondary N) is 3. The van der Waals surface area contributed by atoms with E-state index in [1.807, 2.05) is 0 Å². The Balaban J connectivity index is 0.00000112. The van der Waals surface area contributed by atoms with Crippen molar-refractivity contribution in [1.82, 2.24) is 25.8 Å². The fourth-order valence-corrected chi connectivity index (χ4v) is 1.09. The van der Waals surface area contributed by atoms with Gasteiger partial charge in [0.2, 0.25) is 0 Å². The van der Waals surface area contributed by atoms with Crippen LogP contribution >= 0.6 is 0 Å². The van der Waals surface area contributed by atoms with Crippen molar-refractivity contribution in [3.8, 4) is 0 Å². The Hall–Kier alpha value is -2.60. The summed E-state index contributed by atoms with van der Waals surface area (Å²) in [4.78, 5) is 42.4. The van der Waals surface area contributed by atoms with Crippen LogP contribution in [-0.2, 0) is 0 Å². The van der Waals surface area contributed by atoms with Gasteiger partial charge >= 0.3 is 16.9 Å². The van der Waals surface area contributed by atoms with Crippen LogP contribution in [0.25, 0.3) is 16.1 Å². The predicted octanol–water partition coefficient (Wildman–Crippen LogP) is -1.45. The van der Waals surface area contributed by atoms with Gasteiger partial charge in [-0.25, -0.2) is 9.59 Å². The molecule has 0 unspecified atom stereocenters. The summed E-state index contributed by atoms with van der Waals surface area (Å²) in [5.41, 5.74) is -2.48. The third-order valence-electron chi connectivity index (χ3n) is 1.66. The standard InChI is InChI=1S/C6H3N5O3.H3N/c1-7-11-4(12)2-3(10-6(11)14)9-5(13)8-2;/h(H,10,14)(H2,8,9,13);1H3. The SMILES string of the molecule is N.[C-]#[N+]n1c(=O)[nH]c2[nH]c(=O)[nH]c2c1=O. The van der Waals surface area contributed by atoms with E-state index in [-0.39, 0.29) is 17.3 Å². The molecule has 0 spiro atoms. The van der Waals surface area contributed by atoms with Gasteiger partial charge in [-0.05, 0) is 0 Å². The van der Waals surface area contributed by atoms with Crippen LogP contribution in [0.15, 0.2) is 14.4 Å². The highest BCUT2D eigenvalue weighted by Crippen LogP contribution is 1.91. The summed E-state index contributed by atoms with van der Waals surface area (Å²) in [5.74, 6) is 0. The maximum Gasteiger partial charge on any atom is 0.398 e. The third kappa shape index (κ3) is 1.34. The average molecular weight is 210 g/mol. The minimum atomic E-state index is -0.882. The second kappa shape index (κ2) is 3.28. The van der Waals surface area contributed by atoms with Gasteiger partial charge in [-0.15, -0.1) is 4.95 Å². The van der Waals surface area contributed by atoms with E-state index < -0.39 is 16.9 Å². The summed E-state index contributed by atoms with van der Waals surface area (Å²) in [6.45, 7) is 6.57. The molecule has 9 heteroatoms. The molecule has 0 aliphatic carbocycles. The predicted molar refractivity (Wildman–Crippen MR) is 50.8 cm³/mol. The van der Waals surface area contributed by atoms with Crippen LogP contribution in [0.4, 0.5) is 0 Å². The second-order valence-corrected chi connectivity index (χ2v) is 2.48. The Morgan fingerprint density at radius 1 is 1.13 bits per heavy atom. The number of imidazole rings is 1. The molecule has 9 nitrogen and oxygen atoms in total. The van der Waals surface area contributed by atoms with E-state index in [0.717, 1.165) is 0 Å². The van der Waals surface area contributed by atoms with Crippen molar-refractivity contribution in [3.63, 3.8) is 0 Å². The quantitative estimate of drug-likeness (QED) is 0.394. The Bertz CT molecular complexity index is 707. The van der Waals surface area contributed by atoms with Crippen LogP contribution in [0, 0.1) is 6.57 Å². The number of hydrogen-bond donors (Lipinski definition) is 4. The van der Waals surface area contributed by atoms with E-state index in [1.165, 1.54) is 0 Å². The molecule has 6 N–H and O–H groups in total. The van der Waals surface area contributed by atoms with Gasteiger partial charge in [0.25, 0.3) is 0 Å². The maximum atomic E-state index is 11.3. The van der Waals surface area contributed by atoms with Gasteiger partial charge in [0.15, 0.2) is 5.52 Å². The molecule has 2 aromatic heterocycles. The lowest BCUT2D eigenvalue weighted by Gasteiger charge is -1.87. The first-order chi connectivity index (χ1) is 6.63. The number of aromatic amines is 3. The van der Waals surface area contributed by atoms with Gasteiger partial charge in [-0.1, -0.05) is 0 Å². The lowest BCUT2D eigenvalue weighted by Crippen LogP contribution is -2.30. The summed E-state index contributed by atoms with van der Waals surface area (Å²) < 4.78 is 0.298. The van der Waals surface area contributed by atoms with Gasteiger partial charge in [-0.2, -0.15) is 6.57 Å². The zero-order valence-corrected chi connectivity index (χ0v) is 7.33. The zero-order valence-electron chi connectivity index (χ0n) is 7.33. The maximum absolute atomic E-state index is 11.3. The van der Waals surface area contributed by atoms with Crippen molar-refractivity contribution in [3.05, 3.63) is 42.8 Å². The Morgan fingerprint density at radius 2 is 1.80 bits per heavy atom. The Kier molecular flexibility index (Phi) is 2.29. The number of aromatic nitrogens is 4. The third-order valence-corrected chi connectivity index (χ3v) is 1.66. The summed E-state index contributed by atoms with van der Waals surface area (Å²) in [6, 6.07) is 0.